The molecule has 1 fully saturated rings. The van der Waals surface area contributed by atoms with Crippen LogP contribution >= 0.6 is 0 Å². The third-order valence-corrected chi connectivity index (χ3v) is 3.01. The second-order valence-electron chi connectivity index (χ2n) is 4.75. The molecule has 0 saturated carbocycles. The lowest BCUT2D eigenvalue weighted by atomic mass is 10.0. The maximum atomic E-state index is 12.2. The number of carbonyl (C=O) groups is 1. The van der Waals surface area contributed by atoms with Crippen LogP contribution in [0, 0.1) is 0 Å². The van der Waals surface area contributed by atoms with E-state index < -0.39 is 0 Å². The molecule has 3 nitrogen and oxygen atoms in total. The van der Waals surface area contributed by atoms with E-state index in [0.29, 0.717) is 19.8 Å². The number of carbonyl (C=O) groups excluding carboxylic acids is 1. The van der Waals surface area contributed by atoms with Gasteiger partial charge >= 0.3 is 0 Å². The molecule has 1 aromatic rings. The van der Waals surface area contributed by atoms with Gasteiger partial charge in [0.25, 0.3) is 0 Å². The molecule has 0 aromatic heterocycles. The topological polar surface area (TPSA) is 29.5 Å². The van der Waals surface area contributed by atoms with Crippen molar-refractivity contribution in [3.63, 3.8) is 0 Å². The van der Waals surface area contributed by atoms with Crippen LogP contribution in [0.5, 0.6) is 0 Å². The summed E-state index contributed by atoms with van der Waals surface area (Å²) in [7, 11) is 0. The maximum absolute atomic E-state index is 12.2. The second-order valence-corrected chi connectivity index (χ2v) is 4.75. The molecule has 1 saturated heterocycles. The van der Waals surface area contributed by atoms with Crippen molar-refractivity contribution < 1.29 is 9.53 Å². The first-order valence-electron chi connectivity index (χ1n) is 6.26. The normalized spacial score (nSPS) is 19.4. The number of benzene rings is 1. The average molecular weight is 245 g/mol. The van der Waals surface area contributed by atoms with Crippen LogP contribution in [-0.4, -0.2) is 30.6 Å². The standard InChI is InChI=1S/C15H19NO2/c1-12(2)10-15(17)16-8-9-18-11-14(16)13-6-4-3-5-7-13/h3-7,10,14H,8-9,11H2,1-2H3/t14-/m0/s1. The monoisotopic (exact) mass is 245 g/mol. The summed E-state index contributed by atoms with van der Waals surface area (Å²) in [6.07, 6.45) is 1.70. The highest BCUT2D eigenvalue weighted by molar-refractivity contribution is 5.88. The summed E-state index contributed by atoms with van der Waals surface area (Å²) in [5.41, 5.74) is 2.16. The van der Waals surface area contributed by atoms with E-state index in [0.717, 1.165) is 11.1 Å². The molecule has 0 spiro atoms. The van der Waals surface area contributed by atoms with E-state index in [1.54, 1.807) is 6.08 Å². The van der Waals surface area contributed by atoms with Gasteiger partial charge in [-0.2, -0.15) is 0 Å². The van der Waals surface area contributed by atoms with Gasteiger partial charge in [0.05, 0.1) is 19.3 Å². The van der Waals surface area contributed by atoms with Crippen LogP contribution in [-0.2, 0) is 9.53 Å². The molecule has 2 rings (SSSR count). The van der Waals surface area contributed by atoms with Crippen molar-refractivity contribution in [2.45, 2.75) is 19.9 Å². The van der Waals surface area contributed by atoms with Crippen molar-refractivity contribution in [2.75, 3.05) is 19.8 Å². The summed E-state index contributed by atoms with van der Waals surface area (Å²) >= 11 is 0. The highest BCUT2D eigenvalue weighted by Crippen LogP contribution is 2.24. The Hall–Kier alpha value is -1.61. The van der Waals surface area contributed by atoms with Gasteiger partial charge in [-0.25, -0.2) is 0 Å². The molecule has 1 atom stereocenters. The van der Waals surface area contributed by atoms with E-state index in [9.17, 15) is 4.79 Å². The van der Waals surface area contributed by atoms with Gasteiger partial charge in [-0.3, -0.25) is 4.79 Å². The zero-order valence-corrected chi connectivity index (χ0v) is 10.9. The average Bonchev–Trinajstić information content (AvgIpc) is 2.39. The molecule has 18 heavy (non-hydrogen) atoms. The number of hydrogen-bond acceptors (Lipinski definition) is 2. The molecule has 1 aliphatic heterocycles. The zero-order chi connectivity index (χ0) is 13.0. The van der Waals surface area contributed by atoms with Crippen LogP contribution in [0.3, 0.4) is 0 Å². The highest BCUT2D eigenvalue weighted by atomic mass is 16.5. The molecule has 3 heteroatoms. The van der Waals surface area contributed by atoms with Crippen LogP contribution in [0.1, 0.15) is 25.5 Å². The first kappa shape index (κ1) is 12.8. The van der Waals surface area contributed by atoms with Gasteiger partial charge in [0, 0.05) is 12.6 Å². The van der Waals surface area contributed by atoms with Crippen molar-refractivity contribution in [1.29, 1.82) is 0 Å². The Morgan fingerprint density at radius 1 is 1.33 bits per heavy atom. The van der Waals surface area contributed by atoms with Gasteiger partial charge in [0.2, 0.25) is 5.91 Å². The van der Waals surface area contributed by atoms with Crippen LogP contribution in [0.25, 0.3) is 0 Å². The first-order chi connectivity index (χ1) is 8.68. The zero-order valence-electron chi connectivity index (χ0n) is 10.9. The van der Waals surface area contributed by atoms with Gasteiger partial charge in [0.15, 0.2) is 0 Å². The van der Waals surface area contributed by atoms with Gasteiger partial charge in [-0.1, -0.05) is 35.9 Å². The summed E-state index contributed by atoms with van der Waals surface area (Å²) < 4.78 is 5.51. The first-order valence-corrected chi connectivity index (χ1v) is 6.26. The van der Waals surface area contributed by atoms with E-state index in [1.807, 2.05) is 49.1 Å². The van der Waals surface area contributed by atoms with Crippen molar-refractivity contribution in [1.82, 2.24) is 4.90 Å². The van der Waals surface area contributed by atoms with Crippen LogP contribution in [0.15, 0.2) is 42.0 Å². The third-order valence-electron chi connectivity index (χ3n) is 3.01. The number of morpholine rings is 1. The molecule has 1 amide bonds. The number of hydrogen-bond donors (Lipinski definition) is 0. The SMILES string of the molecule is CC(C)=CC(=O)N1CCOC[C@H]1c1ccccc1. The number of nitrogens with zero attached hydrogens (tertiary/aromatic N) is 1. The predicted molar refractivity (Wildman–Crippen MR) is 71.1 cm³/mol. The largest absolute Gasteiger partial charge is 0.377 e. The molecule has 1 aliphatic rings. The van der Waals surface area contributed by atoms with Crippen molar-refractivity contribution in [3.8, 4) is 0 Å². The summed E-state index contributed by atoms with van der Waals surface area (Å²) in [6.45, 7) is 5.73. The highest BCUT2D eigenvalue weighted by Gasteiger charge is 2.27. The summed E-state index contributed by atoms with van der Waals surface area (Å²) in [4.78, 5) is 14.1. The molecule has 0 N–H and O–H groups in total. The van der Waals surface area contributed by atoms with Gasteiger partial charge in [0.1, 0.15) is 0 Å². The lowest BCUT2D eigenvalue weighted by molar-refractivity contribution is -0.134. The molecular weight excluding hydrogens is 226 g/mol. The van der Waals surface area contributed by atoms with E-state index in [1.165, 1.54) is 0 Å². The fraction of sp³-hybridized carbons (Fsp3) is 0.400. The minimum Gasteiger partial charge on any atom is -0.377 e. The minimum atomic E-state index is 0.0306. The fourth-order valence-corrected chi connectivity index (χ4v) is 2.15. The quantitative estimate of drug-likeness (QED) is 0.749. The molecule has 0 aliphatic carbocycles. The van der Waals surface area contributed by atoms with Gasteiger partial charge in [-0.05, 0) is 19.4 Å². The Bertz CT molecular complexity index is 435. The molecule has 1 aromatic carbocycles. The summed E-state index contributed by atoms with van der Waals surface area (Å²) in [6, 6.07) is 10.1. The van der Waals surface area contributed by atoms with Crippen LogP contribution in [0.4, 0.5) is 0 Å². The third kappa shape index (κ3) is 2.99. The van der Waals surface area contributed by atoms with E-state index in [-0.39, 0.29) is 11.9 Å². The van der Waals surface area contributed by atoms with Gasteiger partial charge in [-0.15, -0.1) is 0 Å². The second kappa shape index (κ2) is 5.83. The number of allylic oxidation sites excluding steroid dienone is 1. The molecule has 0 unspecified atom stereocenters. The lowest BCUT2D eigenvalue weighted by Crippen LogP contribution is -2.42. The Morgan fingerprint density at radius 3 is 2.72 bits per heavy atom. The number of ether oxygens (including phenoxy) is 1. The molecule has 1 heterocycles. The number of rotatable bonds is 2. The number of amides is 1. The minimum absolute atomic E-state index is 0.0306. The van der Waals surface area contributed by atoms with Crippen LogP contribution < -0.4 is 0 Å². The molecule has 96 valence electrons. The molecule has 0 bridgehead atoms. The van der Waals surface area contributed by atoms with Gasteiger partial charge < -0.3 is 9.64 Å². The Labute approximate surface area is 108 Å². The molecule has 0 radical (unpaired) electrons. The van der Waals surface area contributed by atoms with E-state index in [2.05, 4.69) is 0 Å². The van der Waals surface area contributed by atoms with Crippen molar-refractivity contribution in [3.05, 3.63) is 47.5 Å². The van der Waals surface area contributed by atoms with Crippen LogP contribution in [0.2, 0.25) is 0 Å². The Kier molecular flexibility index (Phi) is 4.15. The fourth-order valence-electron chi connectivity index (χ4n) is 2.15. The van der Waals surface area contributed by atoms with Crippen molar-refractivity contribution in [2.24, 2.45) is 0 Å². The Morgan fingerprint density at radius 2 is 2.06 bits per heavy atom. The van der Waals surface area contributed by atoms with E-state index >= 15 is 0 Å². The molecular formula is C15H19NO2. The Balaban J connectivity index is 2.21. The van der Waals surface area contributed by atoms with Crippen molar-refractivity contribution >= 4 is 5.91 Å². The smallest absolute Gasteiger partial charge is 0.247 e. The van der Waals surface area contributed by atoms with E-state index in [4.69, 9.17) is 4.74 Å². The maximum Gasteiger partial charge on any atom is 0.247 e. The predicted octanol–water partition coefficient (Wildman–Crippen LogP) is 2.55. The summed E-state index contributed by atoms with van der Waals surface area (Å²) in [5, 5.41) is 0. The summed E-state index contributed by atoms with van der Waals surface area (Å²) in [5.74, 6) is 0.0761. The lowest BCUT2D eigenvalue weighted by Gasteiger charge is -2.35.